The topological polar surface area (TPSA) is 89.4 Å². The van der Waals surface area contributed by atoms with Crippen LogP contribution in [-0.4, -0.2) is 13.0 Å². The third-order valence-electron chi connectivity index (χ3n) is 3.14. The molecule has 0 atom stereocenters. The number of hydrogen-bond acceptors (Lipinski definition) is 3. The monoisotopic (exact) mass is 273 g/mol. The fraction of sp³-hybridized carbons (Fsp3) is 0.538. The van der Waals surface area contributed by atoms with Crippen LogP contribution in [0.5, 0.6) is 0 Å². The van der Waals surface area contributed by atoms with E-state index in [1.807, 2.05) is 33.8 Å². The molecule has 0 saturated heterocycles. The van der Waals surface area contributed by atoms with Crippen LogP contribution < -0.4 is 6.15 Å². The van der Waals surface area contributed by atoms with Gasteiger partial charge in [-0.1, -0.05) is 26.8 Å². The first-order valence-electron chi connectivity index (χ1n) is 5.98. The van der Waals surface area contributed by atoms with E-state index in [1.165, 1.54) is 0 Å². The van der Waals surface area contributed by atoms with Gasteiger partial charge < -0.3 is 6.15 Å². The molecule has 0 saturated carbocycles. The van der Waals surface area contributed by atoms with Gasteiger partial charge in [0, 0.05) is 0 Å². The van der Waals surface area contributed by atoms with Crippen molar-refractivity contribution in [3.8, 4) is 0 Å². The Morgan fingerprint density at radius 3 is 1.89 bits per heavy atom. The zero-order chi connectivity index (χ0) is 13.2. The summed E-state index contributed by atoms with van der Waals surface area (Å²) in [5.41, 5.74) is 3.62. The second kappa shape index (κ2) is 6.31. The molecule has 104 valence electrons. The van der Waals surface area contributed by atoms with Gasteiger partial charge in [-0.3, -0.25) is 4.55 Å². The predicted molar refractivity (Wildman–Crippen MR) is 74.1 cm³/mol. The molecule has 0 fully saturated rings. The highest BCUT2D eigenvalue weighted by Crippen LogP contribution is 2.28. The van der Waals surface area contributed by atoms with Gasteiger partial charge in [0.05, 0.1) is 0 Å². The van der Waals surface area contributed by atoms with Crippen LogP contribution >= 0.6 is 0 Å². The third kappa shape index (κ3) is 3.10. The quantitative estimate of drug-likeness (QED) is 0.825. The molecule has 0 heterocycles. The summed E-state index contributed by atoms with van der Waals surface area (Å²) in [4.78, 5) is 0.130. The Bertz CT molecular complexity index is 522. The fourth-order valence-corrected chi connectivity index (χ4v) is 3.55. The Morgan fingerprint density at radius 1 is 1.06 bits per heavy atom. The molecule has 0 radical (unpaired) electrons. The summed E-state index contributed by atoms with van der Waals surface area (Å²) in [5.74, 6) is 0. The van der Waals surface area contributed by atoms with Crippen molar-refractivity contribution >= 4 is 10.1 Å². The highest BCUT2D eigenvalue weighted by molar-refractivity contribution is 7.86. The average Bonchev–Trinajstić information content (AvgIpc) is 2.25. The Kier molecular flexibility index (Phi) is 5.99. The van der Waals surface area contributed by atoms with Crippen LogP contribution in [0, 0.1) is 6.92 Å². The molecule has 0 aliphatic heterocycles. The molecule has 1 aromatic rings. The number of hydrogen-bond donors (Lipinski definition) is 2. The van der Waals surface area contributed by atoms with E-state index >= 15 is 0 Å². The van der Waals surface area contributed by atoms with Gasteiger partial charge in [-0.05, 0) is 48.4 Å². The number of benzene rings is 1. The summed E-state index contributed by atoms with van der Waals surface area (Å²) < 4.78 is 32.5. The van der Waals surface area contributed by atoms with Gasteiger partial charge in [0.2, 0.25) is 0 Å². The highest BCUT2D eigenvalue weighted by atomic mass is 32.2. The molecule has 0 aliphatic rings. The first-order chi connectivity index (χ1) is 7.86. The van der Waals surface area contributed by atoms with Crippen LogP contribution in [0.1, 0.15) is 43.0 Å². The summed E-state index contributed by atoms with van der Waals surface area (Å²) in [6.45, 7) is 7.81. The zero-order valence-corrected chi connectivity index (χ0v) is 12.4. The lowest BCUT2D eigenvalue weighted by molar-refractivity contribution is 0.481. The van der Waals surface area contributed by atoms with E-state index in [9.17, 15) is 13.0 Å². The van der Waals surface area contributed by atoms with Crippen LogP contribution in [0.4, 0.5) is 0 Å². The van der Waals surface area contributed by atoms with Crippen molar-refractivity contribution in [3.63, 3.8) is 0 Å². The average molecular weight is 273 g/mol. The summed E-state index contributed by atoms with van der Waals surface area (Å²) >= 11 is 0. The molecule has 0 spiro atoms. The molecule has 4 nitrogen and oxygen atoms in total. The van der Waals surface area contributed by atoms with Gasteiger partial charge in [0.1, 0.15) is 4.90 Å². The molecule has 0 aliphatic carbocycles. The van der Waals surface area contributed by atoms with Gasteiger partial charge in [-0.2, -0.15) is 8.42 Å². The van der Waals surface area contributed by atoms with Crippen molar-refractivity contribution in [2.45, 2.75) is 51.9 Å². The van der Waals surface area contributed by atoms with Crippen LogP contribution in [0.3, 0.4) is 0 Å². The maximum Gasteiger partial charge on any atom is 0.295 e. The van der Waals surface area contributed by atoms with E-state index in [0.29, 0.717) is 18.4 Å². The first kappa shape index (κ1) is 17.1. The van der Waals surface area contributed by atoms with Gasteiger partial charge in [0.25, 0.3) is 10.1 Å². The van der Waals surface area contributed by atoms with E-state index in [1.54, 1.807) is 0 Å². The zero-order valence-electron chi connectivity index (χ0n) is 11.6. The molecule has 0 amide bonds. The standard InChI is InChI=1S/C13H20O3S.H3N/c1-5-10-8-9(4)11(6-2)12(7-3)13(10)17(14,15)16;/h8H,5-7H2,1-4H3,(H,14,15,16);1H3. The lowest BCUT2D eigenvalue weighted by Gasteiger charge is -2.17. The van der Waals surface area contributed by atoms with Crippen LogP contribution in [-0.2, 0) is 29.4 Å². The van der Waals surface area contributed by atoms with Crippen molar-refractivity contribution in [1.82, 2.24) is 6.15 Å². The molecule has 4 N–H and O–H groups in total. The maximum atomic E-state index is 11.5. The second-order valence-electron chi connectivity index (χ2n) is 4.17. The normalized spacial score (nSPS) is 11.2. The smallest absolute Gasteiger partial charge is 0.295 e. The lowest BCUT2D eigenvalue weighted by atomic mass is 9.94. The summed E-state index contributed by atoms with van der Waals surface area (Å²) in [5, 5.41) is 0. The molecule has 18 heavy (non-hydrogen) atoms. The Morgan fingerprint density at radius 2 is 1.56 bits per heavy atom. The van der Waals surface area contributed by atoms with E-state index < -0.39 is 10.1 Å². The van der Waals surface area contributed by atoms with Crippen molar-refractivity contribution in [2.75, 3.05) is 0 Å². The minimum Gasteiger partial charge on any atom is -0.344 e. The van der Waals surface area contributed by atoms with Gasteiger partial charge in [0.15, 0.2) is 0 Å². The van der Waals surface area contributed by atoms with Crippen LogP contribution in [0.15, 0.2) is 11.0 Å². The van der Waals surface area contributed by atoms with Gasteiger partial charge >= 0.3 is 0 Å². The van der Waals surface area contributed by atoms with Gasteiger partial charge in [-0.25, -0.2) is 0 Å². The van der Waals surface area contributed by atoms with E-state index in [0.717, 1.165) is 23.1 Å². The fourth-order valence-electron chi connectivity index (χ4n) is 2.43. The summed E-state index contributed by atoms with van der Waals surface area (Å²) in [7, 11) is -4.14. The van der Waals surface area contributed by atoms with Gasteiger partial charge in [-0.15, -0.1) is 0 Å². The molecule has 1 aromatic carbocycles. The Labute approximate surface area is 110 Å². The maximum absolute atomic E-state index is 11.5. The van der Waals surface area contributed by atoms with Crippen molar-refractivity contribution in [2.24, 2.45) is 0 Å². The third-order valence-corrected chi connectivity index (χ3v) is 4.17. The Hall–Kier alpha value is -0.910. The molecule has 0 aromatic heterocycles. The summed E-state index contributed by atoms with van der Waals surface area (Å²) in [6, 6.07) is 1.88. The van der Waals surface area contributed by atoms with Crippen LogP contribution in [0.2, 0.25) is 0 Å². The molecule has 0 bridgehead atoms. The molecule has 1 rings (SSSR count). The van der Waals surface area contributed by atoms with E-state index in [-0.39, 0.29) is 11.0 Å². The van der Waals surface area contributed by atoms with E-state index in [2.05, 4.69) is 0 Å². The van der Waals surface area contributed by atoms with Crippen molar-refractivity contribution < 1.29 is 13.0 Å². The first-order valence-corrected chi connectivity index (χ1v) is 7.42. The molecule has 0 unspecified atom stereocenters. The van der Waals surface area contributed by atoms with Crippen molar-refractivity contribution in [3.05, 3.63) is 28.3 Å². The van der Waals surface area contributed by atoms with E-state index in [4.69, 9.17) is 0 Å². The predicted octanol–water partition coefficient (Wildman–Crippen LogP) is 3.09. The lowest BCUT2D eigenvalue weighted by Crippen LogP contribution is -2.11. The Balaban J connectivity index is 0.00000289. The second-order valence-corrected chi connectivity index (χ2v) is 5.53. The minimum atomic E-state index is -4.14. The SMILES string of the molecule is CCc1cc(C)c(CC)c(CC)c1S(=O)(=O)O.N. The number of aryl methyl sites for hydroxylation is 2. The number of rotatable bonds is 4. The van der Waals surface area contributed by atoms with Crippen LogP contribution in [0.25, 0.3) is 0 Å². The molecule has 5 heteroatoms. The largest absolute Gasteiger partial charge is 0.344 e. The highest BCUT2D eigenvalue weighted by Gasteiger charge is 2.22. The molecular formula is C13H23NO3S. The minimum absolute atomic E-state index is 0. The molecular weight excluding hydrogens is 250 g/mol. The summed E-state index contributed by atoms with van der Waals surface area (Å²) in [6.07, 6.45) is 2.00. The van der Waals surface area contributed by atoms with Crippen molar-refractivity contribution in [1.29, 1.82) is 0 Å².